The van der Waals surface area contributed by atoms with Gasteiger partial charge in [0, 0.05) is 32.5 Å². The van der Waals surface area contributed by atoms with E-state index in [0.29, 0.717) is 25.9 Å². The molecule has 2 atom stereocenters. The molecule has 1 N–H and O–H groups in total. The molecule has 1 fully saturated rings. The number of amides is 1. The van der Waals surface area contributed by atoms with Gasteiger partial charge in [-0.05, 0) is 6.42 Å². The summed E-state index contributed by atoms with van der Waals surface area (Å²) in [4.78, 5) is 12.0. The number of hydrogen-bond donors (Lipinski definition) is 1. The lowest BCUT2D eigenvalue weighted by atomic mass is 9.92. The Morgan fingerprint density at radius 1 is 1.79 bits per heavy atom. The molecule has 0 aromatic heterocycles. The van der Waals surface area contributed by atoms with E-state index in [9.17, 15) is 4.79 Å². The molecule has 1 aliphatic heterocycles. The van der Waals surface area contributed by atoms with Crippen molar-refractivity contribution in [1.29, 1.82) is 5.26 Å². The Morgan fingerprint density at radius 2 is 2.50 bits per heavy atom. The molecule has 78 valence electrons. The third-order valence-corrected chi connectivity index (χ3v) is 2.59. The van der Waals surface area contributed by atoms with Crippen molar-refractivity contribution < 1.29 is 14.6 Å². The van der Waals surface area contributed by atoms with Crippen molar-refractivity contribution in [2.45, 2.75) is 18.9 Å². The highest BCUT2D eigenvalue weighted by Gasteiger charge is 2.31. The Kier molecular flexibility index (Phi) is 3.72. The Labute approximate surface area is 82.9 Å². The van der Waals surface area contributed by atoms with Crippen LogP contribution in [-0.2, 0) is 4.74 Å². The Hall–Kier alpha value is -1.28. The van der Waals surface area contributed by atoms with E-state index in [0.717, 1.165) is 0 Å². The maximum Gasteiger partial charge on any atom is 0.407 e. The van der Waals surface area contributed by atoms with Crippen molar-refractivity contribution in [1.82, 2.24) is 4.90 Å². The Bertz CT molecular complexity index is 249. The number of likely N-dealkylation sites (tertiary alicyclic amines) is 1. The molecule has 1 rings (SSSR count). The number of rotatable bonds is 2. The van der Waals surface area contributed by atoms with E-state index < -0.39 is 6.09 Å². The van der Waals surface area contributed by atoms with Gasteiger partial charge in [0.15, 0.2) is 0 Å². The zero-order valence-electron chi connectivity index (χ0n) is 8.14. The van der Waals surface area contributed by atoms with E-state index in [1.165, 1.54) is 4.90 Å². The highest BCUT2D eigenvalue weighted by atomic mass is 16.5. The van der Waals surface area contributed by atoms with Crippen LogP contribution in [0.25, 0.3) is 0 Å². The second-order valence-corrected chi connectivity index (χ2v) is 3.41. The van der Waals surface area contributed by atoms with Crippen LogP contribution < -0.4 is 0 Å². The molecule has 0 aromatic carbocycles. The lowest BCUT2D eigenvalue weighted by molar-refractivity contribution is -0.000578. The second-order valence-electron chi connectivity index (χ2n) is 3.41. The number of carbonyl (C=O) groups is 1. The summed E-state index contributed by atoms with van der Waals surface area (Å²) in [5, 5.41) is 17.4. The zero-order valence-corrected chi connectivity index (χ0v) is 8.14. The first-order chi connectivity index (χ1) is 6.69. The van der Waals surface area contributed by atoms with Gasteiger partial charge in [-0.2, -0.15) is 5.26 Å². The van der Waals surface area contributed by atoms with Crippen molar-refractivity contribution in [2.24, 2.45) is 5.92 Å². The van der Waals surface area contributed by atoms with Gasteiger partial charge in [0.25, 0.3) is 0 Å². The van der Waals surface area contributed by atoms with Gasteiger partial charge in [-0.15, -0.1) is 0 Å². The summed E-state index contributed by atoms with van der Waals surface area (Å²) in [6.07, 6.45) is 0.130. The molecule has 0 aromatic rings. The fourth-order valence-electron chi connectivity index (χ4n) is 1.81. The maximum absolute atomic E-state index is 10.7. The molecule has 0 radical (unpaired) electrons. The molecule has 0 bridgehead atoms. The number of nitriles is 1. The van der Waals surface area contributed by atoms with E-state index in [2.05, 4.69) is 6.07 Å². The quantitative estimate of drug-likeness (QED) is 0.715. The van der Waals surface area contributed by atoms with Crippen LogP contribution in [0.5, 0.6) is 0 Å². The third-order valence-electron chi connectivity index (χ3n) is 2.59. The van der Waals surface area contributed by atoms with E-state index in [4.69, 9.17) is 15.1 Å². The largest absolute Gasteiger partial charge is 0.465 e. The Morgan fingerprint density at radius 3 is 3.00 bits per heavy atom. The van der Waals surface area contributed by atoms with Gasteiger partial charge >= 0.3 is 6.09 Å². The van der Waals surface area contributed by atoms with Crippen LogP contribution in [0.15, 0.2) is 0 Å². The first-order valence-corrected chi connectivity index (χ1v) is 4.56. The zero-order chi connectivity index (χ0) is 10.6. The first kappa shape index (κ1) is 10.8. The van der Waals surface area contributed by atoms with Crippen LogP contribution in [-0.4, -0.2) is 42.4 Å². The molecule has 0 aliphatic carbocycles. The summed E-state index contributed by atoms with van der Waals surface area (Å²) in [5.41, 5.74) is 0. The molecule has 1 amide bonds. The molecule has 0 spiro atoms. The van der Waals surface area contributed by atoms with Crippen LogP contribution in [0.4, 0.5) is 4.79 Å². The molecule has 1 heterocycles. The number of nitrogens with zero attached hydrogens (tertiary/aromatic N) is 2. The van der Waals surface area contributed by atoms with E-state index >= 15 is 0 Å². The van der Waals surface area contributed by atoms with Crippen molar-refractivity contribution in [3.63, 3.8) is 0 Å². The molecule has 1 saturated heterocycles. The van der Waals surface area contributed by atoms with E-state index in [1.54, 1.807) is 7.11 Å². The molecule has 0 saturated carbocycles. The maximum atomic E-state index is 10.7. The van der Waals surface area contributed by atoms with Gasteiger partial charge in [0.1, 0.15) is 0 Å². The van der Waals surface area contributed by atoms with Crippen LogP contribution >= 0.6 is 0 Å². The topological polar surface area (TPSA) is 73.6 Å². The normalized spacial score (nSPS) is 27.0. The molecule has 2 unspecified atom stereocenters. The number of methoxy groups -OCH3 is 1. The fraction of sp³-hybridized carbons (Fsp3) is 0.778. The van der Waals surface area contributed by atoms with Crippen molar-refractivity contribution in [3.8, 4) is 6.07 Å². The van der Waals surface area contributed by atoms with Gasteiger partial charge in [-0.1, -0.05) is 0 Å². The minimum absolute atomic E-state index is 0.00912. The monoisotopic (exact) mass is 198 g/mol. The van der Waals surface area contributed by atoms with Crippen LogP contribution in [0, 0.1) is 17.2 Å². The van der Waals surface area contributed by atoms with Gasteiger partial charge < -0.3 is 14.7 Å². The van der Waals surface area contributed by atoms with Gasteiger partial charge in [0.05, 0.1) is 12.2 Å². The third kappa shape index (κ3) is 2.36. The van der Waals surface area contributed by atoms with Gasteiger partial charge in [0.2, 0.25) is 0 Å². The summed E-state index contributed by atoms with van der Waals surface area (Å²) < 4.78 is 5.21. The summed E-state index contributed by atoms with van der Waals surface area (Å²) in [6.45, 7) is 0.900. The minimum atomic E-state index is -0.914. The van der Waals surface area contributed by atoms with E-state index in [1.807, 2.05) is 0 Å². The predicted molar refractivity (Wildman–Crippen MR) is 48.7 cm³/mol. The standard InChI is InChI=1S/C9H14N2O3/c1-14-8-3-5-11(9(12)13)6-7(8)2-4-10/h7-8H,2-3,5-6H2,1H3,(H,12,13). The lowest BCUT2D eigenvalue weighted by Crippen LogP contribution is -2.46. The molecular formula is C9H14N2O3. The molecule has 5 heteroatoms. The highest BCUT2D eigenvalue weighted by molar-refractivity contribution is 5.65. The Balaban J connectivity index is 2.57. The van der Waals surface area contributed by atoms with Crippen LogP contribution in [0.2, 0.25) is 0 Å². The van der Waals surface area contributed by atoms with Gasteiger partial charge in [-0.25, -0.2) is 4.79 Å². The molecule has 5 nitrogen and oxygen atoms in total. The smallest absolute Gasteiger partial charge is 0.407 e. The SMILES string of the molecule is COC1CCN(C(=O)O)CC1CC#N. The molecule has 14 heavy (non-hydrogen) atoms. The van der Waals surface area contributed by atoms with Crippen molar-refractivity contribution in [3.05, 3.63) is 0 Å². The summed E-state index contributed by atoms with van der Waals surface area (Å²) in [5.74, 6) is 0.00912. The first-order valence-electron chi connectivity index (χ1n) is 4.56. The predicted octanol–water partition coefficient (Wildman–Crippen LogP) is 0.915. The lowest BCUT2D eigenvalue weighted by Gasteiger charge is -2.35. The molecular weight excluding hydrogens is 184 g/mol. The number of carboxylic acid groups (broad SMARTS) is 1. The number of hydrogen-bond acceptors (Lipinski definition) is 3. The van der Waals surface area contributed by atoms with Crippen molar-refractivity contribution >= 4 is 6.09 Å². The summed E-state index contributed by atoms with van der Waals surface area (Å²) >= 11 is 0. The number of piperidine rings is 1. The van der Waals surface area contributed by atoms with Gasteiger partial charge in [-0.3, -0.25) is 0 Å². The fourth-order valence-corrected chi connectivity index (χ4v) is 1.81. The summed E-state index contributed by atoms with van der Waals surface area (Å²) in [6, 6.07) is 2.06. The van der Waals surface area contributed by atoms with Crippen LogP contribution in [0.1, 0.15) is 12.8 Å². The average Bonchev–Trinajstić information content (AvgIpc) is 2.18. The average molecular weight is 198 g/mol. The van der Waals surface area contributed by atoms with E-state index in [-0.39, 0.29) is 12.0 Å². The molecule has 1 aliphatic rings. The minimum Gasteiger partial charge on any atom is -0.465 e. The number of ether oxygens (including phenoxy) is 1. The van der Waals surface area contributed by atoms with Crippen LogP contribution in [0.3, 0.4) is 0 Å². The second kappa shape index (κ2) is 4.82. The highest BCUT2D eigenvalue weighted by Crippen LogP contribution is 2.22. The van der Waals surface area contributed by atoms with Crippen molar-refractivity contribution in [2.75, 3.05) is 20.2 Å². The summed E-state index contributed by atoms with van der Waals surface area (Å²) in [7, 11) is 1.60.